The number of nitrogens with one attached hydrogen (secondary N) is 1. The summed E-state index contributed by atoms with van der Waals surface area (Å²) in [7, 11) is 0. The van der Waals surface area contributed by atoms with Gasteiger partial charge in [0, 0.05) is 17.0 Å². The molecule has 1 aromatic carbocycles. The summed E-state index contributed by atoms with van der Waals surface area (Å²) in [5, 5.41) is 16.2. The molecule has 0 saturated heterocycles. The highest BCUT2D eigenvalue weighted by Gasteiger charge is 2.21. The van der Waals surface area contributed by atoms with E-state index in [0.29, 0.717) is 6.04 Å². The Balaban J connectivity index is 1.70. The molecule has 0 aliphatic heterocycles. The van der Waals surface area contributed by atoms with Gasteiger partial charge in [-0.25, -0.2) is 14.4 Å². The number of rotatable bonds is 3. The molecule has 1 saturated carbocycles. The molecule has 0 unspecified atom stereocenters. The van der Waals surface area contributed by atoms with Gasteiger partial charge in [-0.1, -0.05) is 12.1 Å². The lowest BCUT2D eigenvalue weighted by molar-refractivity contribution is 0.126. The Morgan fingerprint density at radius 3 is 2.58 bits per heavy atom. The molecule has 1 aliphatic rings. The van der Waals surface area contributed by atoms with Crippen molar-refractivity contribution in [2.75, 3.05) is 5.32 Å². The SMILES string of the molecule is OC1CCC(Nc2ncnc3scc(-c4ccc(F)cc4)c23)CC1. The van der Waals surface area contributed by atoms with E-state index < -0.39 is 0 Å². The third-order valence-corrected chi connectivity index (χ3v) is 5.45. The van der Waals surface area contributed by atoms with Crippen molar-refractivity contribution in [1.82, 2.24) is 9.97 Å². The monoisotopic (exact) mass is 343 g/mol. The van der Waals surface area contributed by atoms with Gasteiger partial charge < -0.3 is 10.4 Å². The summed E-state index contributed by atoms with van der Waals surface area (Å²) in [6, 6.07) is 6.82. The van der Waals surface area contributed by atoms with Gasteiger partial charge in [-0.15, -0.1) is 11.3 Å². The van der Waals surface area contributed by atoms with Crippen molar-refractivity contribution in [3.05, 3.63) is 41.8 Å². The normalized spacial score (nSPS) is 21.1. The van der Waals surface area contributed by atoms with Crippen molar-refractivity contribution in [2.24, 2.45) is 0 Å². The first kappa shape index (κ1) is 15.5. The van der Waals surface area contributed by atoms with Crippen LogP contribution in [0, 0.1) is 5.82 Å². The van der Waals surface area contributed by atoms with Crippen LogP contribution in [0.2, 0.25) is 0 Å². The van der Waals surface area contributed by atoms with Crippen LogP contribution < -0.4 is 5.32 Å². The molecule has 124 valence electrons. The average Bonchev–Trinajstić information content (AvgIpc) is 3.03. The molecule has 4 rings (SSSR count). The summed E-state index contributed by atoms with van der Waals surface area (Å²) in [6.45, 7) is 0. The third-order valence-electron chi connectivity index (χ3n) is 4.56. The second-order valence-corrected chi connectivity index (χ2v) is 7.07. The number of hydrogen-bond donors (Lipinski definition) is 2. The van der Waals surface area contributed by atoms with Crippen LogP contribution in [-0.2, 0) is 0 Å². The average molecular weight is 343 g/mol. The molecule has 2 aromatic heterocycles. The van der Waals surface area contributed by atoms with Crippen LogP contribution in [0.1, 0.15) is 25.7 Å². The molecule has 0 bridgehead atoms. The minimum Gasteiger partial charge on any atom is -0.393 e. The highest BCUT2D eigenvalue weighted by Crippen LogP contribution is 2.37. The predicted octanol–water partition coefficient (Wildman–Crippen LogP) is 4.21. The van der Waals surface area contributed by atoms with E-state index in [-0.39, 0.29) is 11.9 Å². The maximum absolute atomic E-state index is 13.2. The Labute approximate surface area is 143 Å². The zero-order valence-electron chi connectivity index (χ0n) is 13.1. The summed E-state index contributed by atoms with van der Waals surface area (Å²) in [4.78, 5) is 9.73. The molecule has 0 atom stereocenters. The van der Waals surface area contributed by atoms with Gasteiger partial charge >= 0.3 is 0 Å². The number of aromatic nitrogens is 2. The summed E-state index contributed by atoms with van der Waals surface area (Å²) >= 11 is 1.56. The minimum atomic E-state index is -0.242. The quantitative estimate of drug-likeness (QED) is 0.748. The van der Waals surface area contributed by atoms with E-state index >= 15 is 0 Å². The van der Waals surface area contributed by atoms with E-state index in [1.54, 1.807) is 29.8 Å². The first-order valence-corrected chi connectivity index (χ1v) is 9.01. The number of fused-ring (bicyclic) bond motifs is 1. The molecular weight excluding hydrogens is 325 g/mol. The largest absolute Gasteiger partial charge is 0.393 e. The number of halogens is 1. The Bertz CT molecular complexity index is 841. The maximum Gasteiger partial charge on any atom is 0.139 e. The number of nitrogens with zero attached hydrogens (tertiary/aromatic N) is 2. The lowest BCUT2D eigenvalue weighted by Gasteiger charge is -2.26. The highest BCUT2D eigenvalue weighted by molar-refractivity contribution is 7.17. The van der Waals surface area contributed by atoms with E-state index in [2.05, 4.69) is 15.3 Å². The molecule has 2 heterocycles. The number of aliphatic hydroxyl groups excluding tert-OH is 1. The predicted molar refractivity (Wildman–Crippen MR) is 94.7 cm³/mol. The maximum atomic E-state index is 13.2. The number of benzene rings is 1. The lowest BCUT2D eigenvalue weighted by atomic mass is 9.93. The molecule has 0 spiro atoms. The molecule has 2 N–H and O–H groups in total. The fourth-order valence-corrected chi connectivity index (χ4v) is 4.16. The third kappa shape index (κ3) is 2.99. The van der Waals surface area contributed by atoms with Crippen LogP contribution in [-0.4, -0.2) is 27.2 Å². The van der Waals surface area contributed by atoms with E-state index in [4.69, 9.17) is 0 Å². The van der Waals surface area contributed by atoms with Gasteiger partial charge in [-0.2, -0.15) is 0 Å². The van der Waals surface area contributed by atoms with Gasteiger partial charge in [0.25, 0.3) is 0 Å². The van der Waals surface area contributed by atoms with Gasteiger partial charge in [0.05, 0.1) is 11.5 Å². The van der Waals surface area contributed by atoms with Crippen LogP contribution in [0.3, 0.4) is 0 Å². The van der Waals surface area contributed by atoms with Crippen LogP contribution >= 0.6 is 11.3 Å². The van der Waals surface area contributed by atoms with E-state index in [1.807, 2.05) is 5.38 Å². The fraction of sp³-hybridized carbons (Fsp3) is 0.333. The van der Waals surface area contributed by atoms with Crippen LogP contribution in [0.5, 0.6) is 0 Å². The zero-order valence-corrected chi connectivity index (χ0v) is 13.9. The molecule has 4 nitrogen and oxygen atoms in total. The van der Waals surface area contributed by atoms with Gasteiger partial charge in [0.15, 0.2) is 0 Å². The topological polar surface area (TPSA) is 58.0 Å². The number of thiophene rings is 1. The van der Waals surface area contributed by atoms with Gasteiger partial charge in [-0.05, 0) is 43.4 Å². The number of hydrogen-bond acceptors (Lipinski definition) is 5. The number of aliphatic hydroxyl groups is 1. The van der Waals surface area contributed by atoms with Crippen molar-refractivity contribution in [3.63, 3.8) is 0 Å². The Morgan fingerprint density at radius 1 is 1.08 bits per heavy atom. The van der Waals surface area contributed by atoms with Crippen molar-refractivity contribution < 1.29 is 9.50 Å². The first-order chi connectivity index (χ1) is 11.7. The summed E-state index contributed by atoms with van der Waals surface area (Å²) in [6.07, 6.45) is 4.91. The second kappa shape index (κ2) is 6.45. The van der Waals surface area contributed by atoms with Gasteiger partial charge in [0.2, 0.25) is 0 Å². The fourth-order valence-electron chi connectivity index (χ4n) is 3.24. The Morgan fingerprint density at radius 2 is 1.83 bits per heavy atom. The number of anilines is 1. The van der Waals surface area contributed by atoms with Crippen molar-refractivity contribution in [1.29, 1.82) is 0 Å². The Kier molecular flexibility index (Phi) is 4.16. The molecule has 6 heteroatoms. The molecule has 3 aromatic rings. The summed E-state index contributed by atoms with van der Waals surface area (Å²) in [5.74, 6) is 0.579. The van der Waals surface area contributed by atoms with Crippen LogP contribution in [0.15, 0.2) is 36.0 Å². The van der Waals surface area contributed by atoms with Crippen molar-refractivity contribution >= 4 is 27.4 Å². The van der Waals surface area contributed by atoms with E-state index in [9.17, 15) is 9.50 Å². The standard InChI is InChI=1S/C18H18FN3OS/c19-12-3-1-11(2-4-12)15-9-24-18-16(15)17(20-10-21-18)22-13-5-7-14(23)8-6-13/h1-4,9-10,13-14,23H,5-8H2,(H,20,21,22). The van der Waals surface area contributed by atoms with Crippen LogP contribution in [0.25, 0.3) is 21.3 Å². The van der Waals surface area contributed by atoms with Gasteiger partial charge in [0.1, 0.15) is 22.8 Å². The van der Waals surface area contributed by atoms with E-state index in [1.165, 1.54) is 12.1 Å². The molecule has 1 fully saturated rings. The lowest BCUT2D eigenvalue weighted by Crippen LogP contribution is -2.28. The molecule has 0 radical (unpaired) electrons. The molecular formula is C18H18FN3OS. The molecule has 24 heavy (non-hydrogen) atoms. The summed E-state index contributed by atoms with van der Waals surface area (Å²) in [5.41, 5.74) is 1.98. The Hall–Kier alpha value is -2.05. The van der Waals surface area contributed by atoms with Crippen molar-refractivity contribution in [3.8, 4) is 11.1 Å². The first-order valence-electron chi connectivity index (χ1n) is 8.13. The summed E-state index contributed by atoms with van der Waals surface area (Å²) < 4.78 is 13.2. The molecule has 0 amide bonds. The minimum absolute atomic E-state index is 0.176. The smallest absolute Gasteiger partial charge is 0.139 e. The highest BCUT2D eigenvalue weighted by atomic mass is 32.1. The van der Waals surface area contributed by atoms with Gasteiger partial charge in [-0.3, -0.25) is 0 Å². The molecule has 1 aliphatic carbocycles. The van der Waals surface area contributed by atoms with E-state index in [0.717, 1.165) is 52.8 Å². The van der Waals surface area contributed by atoms with Crippen LogP contribution in [0.4, 0.5) is 10.2 Å². The second-order valence-electron chi connectivity index (χ2n) is 6.21. The zero-order chi connectivity index (χ0) is 16.5. The van der Waals surface area contributed by atoms with Crippen molar-refractivity contribution in [2.45, 2.75) is 37.8 Å².